The van der Waals surface area contributed by atoms with Gasteiger partial charge in [0.1, 0.15) is 0 Å². The van der Waals surface area contributed by atoms with Gasteiger partial charge in [0.05, 0.1) is 19.7 Å². The van der Waals surface area contributed by atoms with E-state index in [9.17, 15) is 18.5 Å². The molecule has 0 amide bonds. The number of benzene rings is 2. The molecule has 0 heterocycles. The number of nitro benzene ring substituents is 1. The molecular formula is C12H7Cl2NO4S. The van der Waals surface area contributed by atoms with Crippen LogP contribution in [-0.2, 0) is 9.84 Å². The quantitative estimate of drug-likeness (QED) is 0.634. The molecule has 0 atom stereocenters. The van der Waals surface area contributed by atoms with Crippen LogP contribution in [0.3, 0.4) is 0 Å². The highest BCUT2D eigenvalue weighted by Crippen LogP contribution is 2.31. The summed E-state index contributed by atoms with van der Waals surface area (Å²) < 4.78 is 24.8. The highest BCUT2D eigenvalue weighted by atomic mass is 35.5. The van der Waals surface area contributed by atoms with Crippen molar-refractivity contribution in [2.75, 3.05) is 0 Å². The monoisotopic (exact) mass is 331 g/mol. The molecule has 2 aromatic rings. The van der Waals surface area contributed by atoms with E-state index in [1.165, 1.54) is 24.3 Å². The van der Waals surface area contributed by atoms with Crippen molar-refractivity contribution in [2.45, 2.75) is 9.79 Å². The van der Waals surface area contributed by atoms with Gasteiger partial charge in [0.25, 0.3) is 5.69 Å². The third kappa shape index (κ3) is 2.77. The zero-order chi connectivity index (χ0) is 14.9. The van der Waals surface area contributed by atoms with Crippen molar-refractivity contribution in [3.8, 4) is 0 Å². The van der Waals surface area contributed by atoms with E-state index < -0.39 is 14.8 Å². The lowest BCUT2D eigenvalue weighted by atomic mass is 10.3. The first-order chi connectivity index (χ1) is 9.32. The van der Waals surface area contributed by atoms with Gasteiger partial charge in [0.2, 0.25) is 9.84 Å². The summed E-state index contributed by atoms with van der Waals surface area (Å²) in [5.41, 5.74) is -0.278. The molecule has 2 rings (SSSR count). The van der Waals surface area contributed by atoms with Gasteiger partial charge in [-0.25, -0.2) is 8.42 Å². The topological polar surface area (TPSA) is 77.3 Å². The molecule has 20 heavy (non-hydrogen) atoms. The van der Waals surface area contributed by atoms with E-state index in [1.807, 2.05) is 0 Å². The Morgan fingerprint density at radius 3 is 2.30 bits per heavy atom. The molecule has 5 nitrogen and oxygen atoms in total. The largest absolute Gasteiger partial charge is 0.271 e. The molecule has 0 spiro atoms. The summed E-state index contributed by atoms with van der Waals surface area (Å²) in [5.74, 6) is 0. The molecule has 0 unspecified atom stereocenters. The summed E-state index contributed by atoms with van der Waals surface area (Å²) in [6, 6.07) is 8.89. The Morgan fingerprint density at radius 1 is 1.05 bits per heavy atom. The van der Waals surface area contributed by atoms with Gasteiger partial charge in [0.15, 0.2) is 0 Å². The number of halogens is 2. The maximum absolute atomic E-state index is 12.4. The fourth-order valence-electron chi connectivity index (χ4n) is 1.58. The number of nitro groups is 1. The molecule has 0 saturated heterocycles. The smallest absolute Gasteiger partial charge is 0.258 e. The lowest BCUT2D eigenvalue weighted by Gasteiger charge is -2.06. The summed E-state index contributed by atoms with van der Waals surface area (Å²) >= 11 is 11.6. The normalized spacial score (nSPS) is 11.3. The first-order valence-electron chi connectivity index (χ1n) is 5.27. The number of hydrogen-bond donors (Lipinski definition) is 0. The summed E-state index contributed by atoms with van der Waals surface area (Å²) in [6.45, 7) is 0. The molecule has 0 bridgehead atoms. The molecule has 0 fully saturated rings. The van der Waals surface area contributed by atoms with Gasteiger partial charge in [-0.3, -0.25) is 10.1 Å². The summed E-state index contributed by atoms with van der Waals surface area (Å²) in [4.78, 5) is 9.73. The van der Waals surface area contributed by atoms with Crippen LogP contribution < -0.4 is 0 Å². The first-order valence-corrected chi connectivity index (χ1v) is 7.51. The molecule has 0 aliphatic heterocycles. The summed E-state index contributed by atoms with van der Waals surface area (Å²) in [5, 5.41) is 10.7. The van der Waals surface area contributed by atoms with E-state index in [4.69, 9.17) is 23.2 Å². The second kappa shape index (κ2) is 5.40. The molecular weight excluding hydrogens is 325 g/mol. The number of rotatable bonds is 3. The average Bonchev–Trinajstić information content (AvgIpc) is 2.38. The van der Waals surface area contributed by atoms with Gasteiger partial charge in [0, 0.05) is 17.2 Å². The van der Waals surface area contributed by atoms with Crippen LogP contribution in [-0.4, -0.2) is 13.3 Å². The zero-order valence-corrected chi connectivity index (χ0v) is 12.1. The van der Waals surface area contributed by atoms with Gasteiger partial charge in [-0.15, -0.1) is 0 Å². The van der Waals surface area contributed by atoms with Crippen LogP contribution in [0.4, 0.5) is 5.69 Å². The second-order valence-corrected chi connectivity index (χ2v) is 6.59. The van der Waals surface area contributed by atoms with Gasteiger partial charge in [-0.1, -0.05) is 29.3 Å². The average molecular weight is 332 g/mol. The van der Waals surface area contributed by atoms with Crippen LogP contribution in [0.15, 0.2) is 52.3 Å². The minimum atomic E-state index is -3.87. The van der Waals surface area contributed by atoms with Crippen molar-refractivity contribution in [1.82, 2.24) is 0 Å². The standard InChI is InChI=1S/C12H7Cl2NO4S/c13-8-2-1-3-10(6-8)20(18,19)12-5-4-9(15(16)17)7-11(12)14/h1-7H. The van der Waals surface area contributed by atoms with Gasteiger partial charge in [-0.05, 0) is 24.3 Å². The SMILES string of the molecule is O=[N+]([O-])c1ccc(S(=O)(=O)c2cccc(Cl)c2)c(Cl)c1. The van der Waals surface area contributed by atoms with Crippen LogP contribution in [0, 0.1) is 10.1 Å². The minimum Gasteiger partial charge on any atom is -0.258 e. The van der Waals surface area contributed by atoms with Crippen molar-refractivity contribution < 1.29 is 13.3 Å². The Morgan fingerprint density at radius 2 is 1.75 bits per heavy atom. The van der Waals surface area contributed by atoms with Crippen LogP contribution in [0.25, 0.3) is 0 Å². The highest BCUT2D eigenvalue weighted by Gasteiger charge is 2.23. The Labute approximate surface area is 124 Å². The molecule has 0 N–H and O–H groups in total. The third-order valence-electron chi connectivity index (χ3n) is 2.52. The van der Waals surface area contributed by atoms with Gasteiger partial charge < -0.3 is 0 Å². The van der Waals surface area contributed by atoms with Crippen LogP contribution in [0.1, 0.15) is 0 Å². The maximum atomic E-state index is 12.4. The predicted molar refractivity (Wildman–Crippen MR) is 75.0 cm³/mol. The molecule has 8 heteroatoms. The lowest BCUT2D eigenvalue weighted by Crippen LogP contribution is -2.03. The first kappa shape index (κ1) is 14.8. The number of sulfone groups is 1. The molecule has 0 saturated carbocycles. The molecule has 0 aliphatic carbocycles. The van der Waals surface area contributed by atoms with Crippen molar-refractivity contribution >= 4 is 38.7 Å². The van der Waals surface area contributed by atoms with E-state index in [1.54, 1.807) is 0 Å². The summed E-state index contributed by atoms with van der Waals surface area (Å²) in [6.07, 6.45) is 0. The molecule has 104 valence electrons. The molecule has 0 radical (unpaired) electrons. The zero-order valence-electron chi connectivity index (χ0n) is 9.79. The van der Waals surface area contributed by atoms with E-state index in [2.05, 4.69) is 0 Å². The minimum absolute atomic E-state index is 0.0271. The highest BCUT2D eigenvalue weighted by molar-refractivity contribution is 7.91. The Balaban J connectivity index is 2.58. The summed E-state index contributed by atoms with van der Waals surface area (Å²) in [7, 11) is -3.87. The second-order valence-electron chi connectivity index (χ2n) is 3.83. The van der Waals surface area contributed by atoms with Crippen LogP contribution in [0.5, 0.6) is 0 Å². The fraction of sp³-hybridized carbons (Fsp3) is 0. The van der Waals surface area contributed by atoms with Crippen molar-refractivity contribution in [2.24, 2.45) is 0 Å². The molecule has 0 aliphatic rings. The van der Waals surface area contributed by atoms with E-state index in [0.717, 1.165) is 18.2 Å². The number of hydrogen-bond acceptors (Lipinski definition) is 4. The third-order valence-corrected chi connectivity index (χ3v) is 4.99. The molecule has 2 aromatic carbocycles. The van der Waals surface area contributed by atoms with Crippen molar-refractivity contribution in [1.29, 1.82) is 0 Å². The number of nitrogens with zero attached hydrogens (tertiary/aromatic N) is 1. The van der Waals surface area contributed by atoms with Crippen molar-refractivity contribution in [3.63, 3.8) is 0 Å². The van der Waals surface area contributed by atoms with Gasteiger partial charge >= 0.3 is 0 Å². The Hall–Kier alpha value is -1.63. The van der Waals surface area contributed by atoms with E-state index in [0.29, 0.717) is 0 Å². The molecule has 0 aromatic heterocycles. The van der Waals surface area contributed by atoms with Crippen molar-refractivity contribution in [3.05, 3.63) is 62.6 Å². The maximum Gasteiger partial charge on any atom is 0.271 e. The van der Waals surface area contributed by atoms with Crippen LogP contribution >= 0.6 is 23.2 Å². The Kier molecular flexibility index (Phi) is 3.99. The fourth-order valence-corrected chi connectivity index (χ4v) is 3.67. The van der Waals surface area contributed by atoms with E-state index >= 15 is 0 Å². The predicted octanol–water partition coefficient (Wildman–Crippen LogP) is 3.73. The van der Waals surface area contributed by atoms with Gasteiger partial charge in [-0.2, -0.15) is 0 Å². The lowest BCUT2D eigenvalue weighted by molar-refractivity contribution is -0.384. The van der Waals surface area contributed by atoms with Crippen LogP contribution in [0.2, 0.25) is 10.0 Å². The Bertz CT molecular complexity index is 790. The van der Waals surface area contributed by atoms with E-state index in [-0.39, 0.29) is 25.5 Å². The number of non-ortho nitro benzene ring substituents is 1.